The lowest BCUT2D eigenvalue weighted by Crippen LogP contribution is -2.18. The summed E-state index contributed by atoms with van der Waals surface area (Å²) < 4.78 is 0.801. The number of hydrogen-bond acceptors (Lipinski definition) is 6. The summed E-state index contributed by atoms with van der Waals surface area (Å²) in [6.07, 6.45) is 0.991. The topological polar surface area (TPSA) is 55.0 Å². The lowest BCUT2D eigenvalue weighted by Gasteiger charge is -2.18. The van der Waals surface area contributed by atoms with E-state index in [9.17, 15) is 0 Å². The molecule has 2 N–H and O–H groups in total. The summed E-state index contributed by atoms with van der Waals surface area (Å²) in [5.41, 5.74) is 5.85. The number of nitrogens with two attached hydrogens (primary N) is 1. The van der Waals surface area contributed by atoms with Gasteiger partial charge in [0.05, 0.1) is 16.3 Å². The van der Waals surface area contributed by atoms with Crippen LogP contribution in [0.5, 0.6) is 0 Å². The second-order valence-corrected chi connectivity index (χ2v) is 7.67. The SMILES string of the molecule is CCc1cc2c(N(C)Cc3ccc(Cl)s3)nc(N)nc2s1. The highest BCUT2D eigenvalue weighted by Crippen LogP contribution is 2.32. The van der Waals surface area contributed by atoms with Crippen LogP contribution < -0.4 is 10.6 Å². The van der Waals surface area contributed by atoms with Crippen molar-refractivity contribution in [2.24, 2.45) is 0 Å². The van der Waals surface area contributed by atoms with Crippen molar-refractivity contribution < 1.29 is 0 Å². The lowest BCUT2D eigenvalue weighted by atomic mass is 10.3. The summed E-state index contributed by atoms with van der Waals surface area (Å²) in [5.74, 6) is 1.19. The van der Waals surface area contributed by atoms with Crippen molar-refractivity contribution in [3.8, 4) is 0 Å². The first-order chi connectivity index (χ1) is 10.1. The molecule has 4 nitrogen and oxygen atoms in total. The Balaban J connectivity index is 1.99. The van der Waals surface area contributed by atoms with Crippen molar-refractivity contribution >= 4 is 56.3 Å². The first-order valence-electron chi connectivity index (χ1n) is 6.58. The molecule has 3 rings (SSSR count). The summed E-state index contributed by atoms with van der Waals surface area (Å²) in [5, 5.41) is 1.07. The average Bonchev–Trinajstić information content (AvgIpc) is 3.03. The second kappa shape index (κ2) is 5.79. The number of nitrogen functional groups attached to an aromatic ring is 1. The third-order valence-corrected chi connectivity index (χ3v) is 5.56. The van der Waals surface area contributed by atoms with Crippen molar-refractivity contribution in [3.63, 3.8) is 0 Å². The molecule has 0 bridgehead atoms. The zero-order valence-corrected chi connectivity index (χ0v) is 14.1. The van der Waals surface area contributed by atoms with Crippen LogP contribution in [0.1, 0.15) is 16.7 Å². The molecule has 21 heavy (non-hydrogen) atoms. The molecule has 3 aromatic rings. The highest BCUT2D eigenvalue weighted by molar-refractivity contribution is 7.18. The van der Waals surface area contributed by atoms with Crippen molar-refractivity contribution in [3.05, 3.63) is 32.3 Å². The van der Waals surface area contributed by atoms with Crippen LogP contribution in [0.25, 0.3) is 10.2 Å². The number of aryl methyl sites for hydroxylation is 1. The summed E-state index contributed by atoms with van der Waals surface area (Å²) in [7, 11) is 2.01. The van der Waals surface area contributed by atoms with Crippen molar-refractivity contribution in [2.75, 3.05) is 17.7 Å². The molecule has 0 amide bonds. The van der Waals surface area contributed by atoms with E-state index in [1.165, 1.54) is 9.75 Å². The maximum absolute atomic E-state index is 5.99. The number of anilines is 2. The molecule has 0 aromatic carbocycles. The molecule has 0 aliphatic rings. The Kier molecular flexibility index (Phi) is 4.01. The van der Waals surface area contributed by atoms with Gasteiger partial charge in [-0.25, -0.2) is 4.98 Å². The van der Waals surface area contributed by atoms with Gasteiger partial charge < -0.3 is 10.6 Å². The number of hydrogen-bond donors (Lipinski definition) is 1. The smallest absolute Gasteiger partial charge is 0.223 e. The molecular formula is C14H15ClN4S2. The summed E-state index contributed by atoms with van der Waals surface area (Å²) in [6.45, 7) is 2.89. The van der Waals surface area contributed by atoms with Gasteiger partial charge in [-0.2, -0.15) is 4.98 Å². The first kappa shape index (κ1) is 14.6. The Labute approximate surface area is 136 Å². The number of rotatable bonds is 4. The van der Waals surface area contributed by atoms with Gasteiger partial charge in [0.1, 0.15) is 10.6 Å². The van der Waals surface area contributed by atoms with Crippen molar-refractivity contribution in [1.82, 2.24) is 9.97 Å². The second-order valence-electron chi connectivity index (χ2n) is 4.75. The van der Waals surface area contributed by atoms with Gasteiger partial charge in [-0.3, -0.25) is 0 Å². The average molecular weight is 339 g/mol. The van der Waals surface area contributed by atoms with Crippen LogP contribution in [-0.2, 0) is 13.0 Å². The molecule has 7 heteroatoms. The van der Waals surface area contributed by atoms with Gasteiger partial charge in [-0.05, 0) is 24.6 Å². The maximum atomic E-state index is 5.99. The standard InChI is InChI=1S/C14H15ClN4S2/c1-3-8-6-10-12(17-14(16)18-13(10)21-8)19(2)7-9-4-5-11(15)20-9/h4-6H,3,7H2,1-2H3,(H2,16,17,18). The minimum absolute atomic E-state index is 0.318. The molecule has 3 aromatic heterocycles. The van der Waals surface area contributed by atoms with Gasteiger partial charge in [0.25, 0.3) is 0 Å². The van der Waals surface area contributed by atoms with Gasteiger partial charge in [-0.1, -0.05) is 18.5 Å². The summed E-state index contributed by atoms with van der Waals surface area (Å²) in [6, 6.07) is 6.11. The minimum atomic E-state index is 0.318. The van der Waals surface area contributed by atoms with E-state index in [0.717, 1.165) is 33.3 Å². The molecule has 0 radical (unpaired) electrons. The predicted molar refractivity (Wildman–Crippen MR) is 92.6 cm³/mol. The highest BCUT2D eigenvalue weighted by Gasteiger charge is 2.14. The quantitative estimate of drug-likeness (QED) is 0.775. The number of aromatic nitrogens is 2. The minimum Gasteiger partial charge on any atom is -0.368 e. The van der Waals surface area contributed by atoms with E-state index in [0.29, 0.717) is 5.95 Å². The molecule has 0 saturated heterocycles. The first-order valence-corrected chi connectivity index (χ1v) is 8.59. The molecule has 0 unspecified atom stereocenters. The Bertz CT molecular complexity index is 780. The molecule has 0 fully saturated rings. The summed E-state index contributed by atoms with van der Waals surface area (Å²) in [4.78, 5) is 14.3. The van der Waals surface area contributed by atoms with Crippen molar-refractivity contribution in [1.29, 1.82) is 0 Å². The largest absolute Gasteiger partial charge is 0.368 e. The van der Waals surface area contributed by atoms with Crippen LogP contribution in [0.15, 0.2) is 18.2 Å². The van der Waals surface area contributed by atoms with E-state index in [1.807, 2.05) is 19.2 Å². The number of fused-ring (bicyclic) bond motifs is 1. The van der Waals surface area contributed by atoms with Crippen LogP contribution in [0, 0.1) is 0 Å². The third kappa shape index (κ3) is 2.97. The zero-order chi connectivity index (χ0) is 15.0. The van der Waals surface area contributed by atoms with E-state index in [4.69, 9.17) is 17.3 Å². The van der Waals surface area contributed by atoms with E-state index in [2.05, 4.69) is 27.9 Å². The molecule has 0 aliphatic heterocycles. The van der Waals surface area contributed by atoms with E-state index in [1.54, 1.807) is 22.7 Å². The van der Waals surface area contributed by atoms with E-state index >= 15 is 0 Å². The van der Waals surface area contributed by atoms with E-state index in [-0.39, 0.29) is 0 Å². The van der Waals surface area contributed by atoms with Gasteiger partial charge in [0.2, 0.25) is 5.95 Å². The molecule has 0 aliphatic carbocycles. The number of halogens is 1. The molecule has 3 heterocycles. The molecule has 0 saturated carbocycles. The molecular weight excluding hydrogens is 324 g/mol. The van der Waals surface area contributed by atoms with Gasteiger partial charge in [-0.15, -0.1) is 22.7 Å². The predicted octanol–water partition coefficient (Wildman–Crippen LogP) is 4.19. The van der Waals surface area contributed by atoms with Crippen LogP contribution in [0.4, 0.5) is 11.8 Å². The number of thiophene rings is 2. The van der Waals surface area contributed by atoms with Crippen LogP contribution >= 0.6 is 34.3 Å². The van der Waals surface area contributed by atoms with Crippen LogP contribution in [-0.4, -0.2) is 17.0 Å². The normalized spacial score (nSPS) is 11.2. The lowest BCUT2D eigenvalue weighted by molar-refractivity contribution is 0.918. The third-order valence-electron chi connectivity index (χ3n) is 3.17. The fraction of sp³-hybridized carbons (Fsp3) is 0.286. The zero-order valence-electron chi connectivity index (χ0n) is 11.8. The van der Waals surface area contributed by atoms with Crippen LogP contribution in [0.2, 0.25) is 4.34 Å². The monoisotopic (exact) mass is 338 g/mol. The van der Waals surface area contributed by atoms with Gasteiger partial charge in [0, 0.05) is 16.8 Å². The highest BCUT2D eigenvalue weighted by atomic mass is 35.5. The van der Waals surface area contributed by atoms with Crippen LogP contribution in [0.3, 0.4) is 0 Å². The Morgan fingerprint density at radius 3 is 2.71 bits per heavy atom. The van der Waals surface area contributed by atoms with E-state index < -0.39 is 0 Å². The Hall–Kier alpha value is -1.37. The molecule has 0 atom stereocenters. The Morgan fingerprint density at radius 1 is 1.24 bits per heavy atom. The van der Waals surface area contributed by atoms with Gasteiger partial charge in [0.15, 0.2) is 0 Å². The molecule has 0 spiro atoms. The van der Waals surface area contributed by atoms with Crippen molar-refractivity contribution in [2.45, 2.75) is 19.9 Å². The number of nitrogens with zero attached hydrogens (tertiary/aromatic N) is 3. The maximum Gasteiger partial charge on any atom is 0.223 e. The molecule has 110 valence electrons. The fourth-order valence-corrected chi connectivity index (χ4v) is 4.29. The Morgan fingerprint density at radius 2 is 2.05 bits per heavy atom. The van der Waals surface area contributed by atoms with Gasteiger partial charge >= 0.3 is 0 Å². The fourth-order valence-electron chi connectivity index (χ4n) is 2.18. The summed E-state index contributed by atoms with van der Waals surface area (Å²) >= 11 is 9.25.